The maximum absolute atomic E-state index is 5.70. The molecule has 2 heterocycles. The zero-order valence-electron chi connectivity index (χ0n) is 6.63. The van der Waals surface area contributed by atoms with Crippen LogP contribution in [0.15, 0.2) is 33.2 Å². The average molecular weight is 302 g/mol. The second-order valence-corrected chi connectivity index (χ2v) is 4.97. The summed E-state index contributed by atoms with van der Waals surface area (Å²) in [5.41, 5.74) is 2.59. The van der Waals surface area contributed by atoms with Crippen molar-refractivity contribution in [3.05, 3.63) is 44.4 Å². The Balaban J connectivity index is 2.25. The van der Waals surface area contributed by atoms with Crippen LogP contribution >= 0.6 is 31.9 Å². The van der Waals surface area contributed by atoms with Crippen LogP contribution in [0.4, 0.5) is 0 Å². The third-order valence-electron chi connectivity index (χ3n) is 2.49. The van der Waals surface area contributed by atoms with Gasteiger partial charge in [-0.3, -0.25) is 0 Å². The summed E-state index contributed by atoms with van der Waals surface area (Å²) < 4.78 is 7.89. The van der Waals surface area contributed by atoms with Crippen LogP contribution in [-0.4, -0.2) is 0 Å². The molecule has 2 atom stereocenters. The molecule has 1 nitrogen and oxygen atoms in total. The van der Waals surface area contributed by atoms with Crippen molar-refractivity contribution in [1.82, 2.24) is 0 Å². The van der Waals surface area contributed by atoms with Crippen molar-refractivity contribution in [2.24, 2.45) is 0 Å². The molecule has 1 aromatic rings. The van der Waals surface area contributed by atoms with Crippen molar-refractivity contribution >= 4 is 31.9 Å². The molecule has 0 saturated heterocycles. The number of fused-ring (bicyclic) bond motifs is 5. The number of benzene rings is 1. The first kappa shape index (κ1) is 8.21. The van der Waals surface area contributed by atoms with Gasteiger partial charge in [-0.25, -0.2) is 0 Å². The van der Waals surface area contributed by atoms with Gasteiger partial charge in [0.15, 0.2) is 0 Å². The van der Waals surface area contributed by atoms with E-state index < -0.39 is 0 Å². The summed E-state index contributed by atoms with van der Waals surface area (Å²) in [5, 5.41) is 0. The van der Waals surface area contributed by atoms with Gasteiger partial charge in [0.25, 0.3) is 0 Å². The maximum atomic E-state index is 5.70. The van der Waals surface area contributed by atoms with Crippen molar-refractivity contribution in [2.75, 3.05) is 0 Å². The summed E-state index contributed by atoms with van der Waals surface area (Å²) in [5.74, 6) is 0. The molecule has 1 aromatic carbocycles. The summed E-state index contributed by atoms with van der Waals surface area (Å²) in [7, 11) is 0. The monoisotopic (exact) mass is 300 g/mol. The molecule has 2 bridgehead atoms. The molecule has 66 valence electrons. The molecule has 0 amide bonds. The lowest BCUT2D eigenvalue weighted by Gasteiger charge is -2.08. The van der Waals surface area contributed by atoms with Gasteiger partial charge in [-0.2, -0.15) is 0 Å². The first-order valence-electron chi connectivity index (χ1n) is 4.08. The first-order chi connectivity index (χ1) is 6.25. The minimum Gasteiger partial charge on any atom is -0.357 e. The fourth-order valence-corrected chi connectivity index (χ4v) is 2.60. The van der Waals surface area contributed by atoms with Crippen LogP contribution in [0.5, 0.6) is 0 Å². The highest BCUT2D eigenvalue weighted by Gasteiger charge is 2.33. The topological polar surface area (TPSA) is 9.23 Å². The fraction of sp³-hybridized carbons (Fsp3) is 0.200. The zero-order chi connectivity index (χ0) is 9.00. The predicted octanol–water partition coefficient (Wildman–Crippen LogP) is 3.89. The van der Waals surface area contributed by atoms with Crippen LogP contribution in [-0.2, 0) is 4.74 Å². The Bertz CT molecular complexity index is 375. The SMILES string of the molecule is Brc1cc2c(cc1Br)[C@H]1C=C[C@H]2O1. The quantitative estimate of drug-likeness (QED) is 0.661. The molecule has 0 fully saturated rings. The summed E-state index contributed by atoms with van der Waals surface area (Å²) >= 11 is 6.99. The lowest BCUT2D eigenvalue weighted by Crippen LogP contribution is -1.92. The summed E-state index contributed by atoms with van der Waals surface area (Å²) in [6, 6.07) is 4.27. The fourth-order valence-electron chi connectivity index (χ4n) is 1.87. The van der Waals surface area contributed by atoms with Gasteiger partial charge in [-0.05, 0) is 55.1 Å². The van der Waals surface area contributed by atoms with Crippen molar-refractivity contribution < 1.29 is 4.74 Å². The third kappa shape index (κ3) is 1.07. The smallest absolute Gasteiger partial charge is 0.102 e. The lowest BCUT2D eigenvalue weighted by molar-refractivity contribution is 0.0878. The summed E-state index contributed by atoms with van der Waals surface area (Å²) in [6.07, 6.45) is 4.61. The molecule has 3 rings (SSSR count). The van der Waals surface area contributed by atoms with E-state index in [0.29, 0.717) is 0 Å². The van der Waals surface area contributed by atoms with E-state index in [0.717, 1.165) is 8.95 Å². The van der Waals surface area contributed by atoms with Crippen molar-refractivity contribution in [2.45, 2.75) is 12.2 Å². The van der Waals surface area contributed by atoms with Gasteiger partial charge < -0.3 is 4.74 Å². The molecule has 2 aliphatic heterocycles. The lowest BCUT2D eigenvalue weighted by atomic mass is 9.97. The molecule has 0 aliphatic carbocycles. The summed E-state index contributed by atoms with van der Waals surface area (Å²) in [6.45, 7) is 0. The van der Waals surface area contributed by atoms with E-state index in [4.69, 9.17) is 4.74 Å². The molecule has 0 saturated carbocycles. The van der Waals surface area contributed by atoms with Crippen LogP contribution in [0.1, 0.15) is 23.3 Å². The van der Waals surface area contributed by atoms with Crippen molar-refractivity contribution in [3.8, 4) is 0 Å². The van der Waals surface area contributed by atoms with Crippen LogP contribution in [0.2, 0.25) is 0 Å². The Hall–Kier alpha value is -0.120. The minimum absolute atomic E-state index is 0.185. The molecule has 3 heteroatoms. The highest BCUT2D eigenvalue weighted by atomic mass is 79.9. The van der Waals surface area contributed by atoms with E-state index in [2.05, 4.69) is 56.1 Å². The Morgan fingerprint density at radius 3 is 1.85 bits per heavy atom. The van der Waals surface area contributed by atoms with E-state index in [1.807, 2.05) is 0 Å². The average Bonchev–Trinajstić information content (AvgIpc) is 2.67. The molecule has 0 N–H and O–H groups in total. The van der Waals surface area contributed by atoms with Crippen LogP contribution in [0, 0.1) is 0 Å². The molecule has 0 aromatic heterocycles. The number of ether oxygens (including phenoxy) is 1. The van der Waals surface area contributed by atoms with E-state index in [-0.39, 0.29) is 12.2 Å². The molecule has 0 spiro atoms. The van der Waals surface area contributed by atoms with E-state index in [1.54, 1.807) is 0 Å². The number of rotatable bonds is 0. The largest absolute Gasteiger partial charge is 0.357 e. The van der Waals surface area contributed by atoms with Gasteiger partial charge in [-0.1, -0.05) is 12.2 Å². The first-order valence-corrected chi connectivity index (χ1v) is 5.67. The molecule has 0 unspecified atom stereocenters. The van der Waals surface area contributed by atoms with Crippen molar-refractivity contribution in [1.29, 1.82) is 0 Å². The number of hydrogen-bond donors (Lipinski definition) is 0. The van der Waals surface area contributed by atoms with E-state index in [9.17, 15) is 0 Å². The van der Waals surface area contributed by atoms with Crippen molar-refractivity contribution in [3.63, 3.8) is 0 Å². The van der Waals surface area contributed by atoms with Gasteiger partial charge in [0, 0.05) is 8.95 Å². The van der Waals surface area contributed by atoms with Crippen LogP contribution < -0.4 is 0 Å². The molecule has 2 aliphatic rings. The molecular formula is C10H6Br2O. The Morgan fingerprint density at radius 1 is 0.923 bits per heavy atom. The minimum atomic E-state index is 0.185. The number of hydrogen-bond acceptors (Lipinski definition) is 1. The van der Waals surface area contributed by atoms with Crippen LogP contribution in [0.25, 0.3) is 0 Å². The van der Waals surface area contributed by atoms with Gasteiger partial charge in [0.1, 0.15) is 12.2 Å². The third-order valence-corrected chi connectivity index (χ3v) is 4.34. The van der Waals surface area contributed by atoms with Gasteiger partial charge in [0.05, 0.1) is 0 Å². The van der Waals surface area contributed by atoms with E-state index >= 15 is 0 Å². The second-order valence-electron chi connectivity index (χ2n) is 3.26. The van der Waals surface area contributed by atoms with Gasteiger partial charge in [0.2, 0.25) is 0 Å². The standard InChI is InChI=1S/C10H6Br2O/c11-7-3-5-6(4-8(7)12)10-2-1-9(5)13-10/h1-4,9-10H/t9-,10-/m1/s1. The second kappa shape index (κ2) is 2.69. The predicted molar refractivity (Wildman–Crippen MR) is 57.5 cm³/mol. The maximum Gasteiger partial charge on any atom is 0.102 e. The molecule has 13 heavy (non-hydrogen) atoms. The Morgan fingerprint density at radius 2 is 1.38 bits per heavy atom. The highest BCUT2D eigenvalue weighted by Crippen LogP contribution is 2.47. The van der Waals surface area contributed by atoms with Crippen LogP contribution in [0.3, 0.4) is 0 Å². The normalized spacial score (nSPS) is 28.2. The Labute approximate surface area is 93.0 Å². The molecular weight excluding hydrogens is 296 g/mol. The number of halogens is 2. The highest BCUT2D eigenvalue weighted by molar-refractivity contribution is 9.13. The van der Waals surface area contributed by atoms with Gasteiger partial charge in [-0.15, -0.1) is 0 Å². The zero-order valence-corrected chi connectivity index (χ0v) is 9.80. The summed E-state index contributed by atoms with van der Waals surface area (Å²) in [4.78, 5) is 0. The van der Waals surface area contributed by atoms with Gasteiger partial charge >= 0.3 is 0 Å². The molecule has 0 radical (unpaired) electrons. The Kier molecular flexibility index (Phi) is 1.70. The van der Waals surface area contributed by atoms with E-state index in [1.165, 1.54) is 11.1 Å².